The topological polar surface area (TPSA) is 58.2 Å². The molecule has 2 heterocycles. The predicted octanol–water partition coefficient (Wildman–Crippen LogP) is 2.46. The molecule has 1 saturated heterocycles. The molecule has 0 aromatic carbocycles. The first kappa shape index (κ1) is 14.0. The van der Waals surface area contributed by atoms with Gasteiger partial charge in [0.25, 0.3) is 0 Å². The molecular formula is C12H17BrN2O2S2. The summed E-state index contributed by atoms with van der Waals surface area (Å²) < 4.78 is 28.7. The summed E-state index contributed by atoms with van der Waals surface area (Å²) in [6.07, 6.45) is 5.39. The summed E-state index contributed by atoms with van der Waals surface area (Å²) in [5.41, 5.74) is 0.210. The number of halogens is 1. The summed E-state index contributed by atoms with van der Waals surface area (Å²) in [6.45, 7) is 0.904. The molecular weight excluding hydrogens is 348 g/mol. The van der Waals surface area contributed by atoms with Gasteiger partial charge in [-0.2, -0.15) is 0 Å². The molecule has 2 N–H and O–H groups in total. The van der Waals surface area contributed by atoms with Crippen molar-refractivity contribution in [2.24, 2.45) is 0 Å². The first-order valence-electron chi connectivity index (χ1n) is 6.52. The number of nitrogens with one attached hydrogen (secondary N) is 2. The fourth-order valence-electron chi connectivity index (χ4n) is 2.96. The lowest BCUT2D eigenvalue weighted by molar-refractivity contribution is 0.126. The summed E-state index contributed by atoms with van der Waals surface area (Å²) in [5.74, 6) is 0. The summed E-state index contributed by atoms with van der Waals surface area (Å²) in [6, 6.07) is 3.49. The van der Waals surface area contributed by atoms with Gasteiger partial charge in [0.15, 0.2) is 0 Å². The highest BCUT2D eigenvalue weighted by Gasteiger charge is 2.41. The smallest absolute Gasteiger partial charge is 0.250 e. The van der Waals surface area contributed by atoms with Crippen LogP contribution in [0.15, 0.2) is 20.1 Å². The molecule has 1 aromatic heterocycles. The minimum absolute atomic E-state index is 0.0624. The van der Waals surface area contributed by atoms with Crippen molar-refractivity contribution in [3.05, 3.63) is 15.9 Å². The van der Waals surface area contributed by atoms with Crippen LogP contribution in [0.5, 0.6) is 0 Å². The molecule has 2 aliphatic rings. The van der Waals surface area contributed by atoms with E-state index in [-0.39, 0.29) is 11.6 Å². The van der Waals surface area contributed by atoms with Crippen LogP contribution in [0.3, 0.4) is 0 Å². The van der Waals surface area contributed by atoms with Gasteiger partial charge in [0.05, 0.1) is 3.79 Å². The van der Waals surface area contributed by atoms with Crippen LogP contribution in [-0.2, 0) is 10.0 Å². The maximum Gasteiger partial charge on any atom is 0.250 e. The van der Waals surface area contributed by atoms with Crippen molar-refractivity contribution < 1.29 is 8.42 Å². The standard InChI is InChI=1S/C12H17BrN2O2S2/c13-10-2-3-11(18-10)19(16,17)15-9-4-7-14-12(8-9)5-1-6-12/h2-3,9,14-15H,1,4-8H2. The molecule has 2 fully saturated rings. The number of sulfonamides is 1. The van der Waals surface area contributed by atoms with Gasteiger partial charge in [-0.15, -0.1) is 11.3 Å². The van der Waals surface area contributed by atoms with Gasteiger partial charge in [0.2, 0.25) is 10.0 Å². The fourth-order valence-corrected chi connectivity index (χ4v) is 6.26. The van der Waals surface area contributed by atoms with E-state index in [1.165, 1.54) is 30.6 Å². The molecule has 4 nitrogen and oxygen atoms in total. The number of thiophene rings is 1. The highest BCUT2D eigenvalue weighted by Crippen LogP contribution is 2.38. The lowest BCUT2D eigenvalue weighted by Crippen LogP contribution is -2.59. The average molecular weight is 365 g/mol. The van der Waals surface area contributed by atoms with Crippen LogP contribution < -0.4 is 10.0 Å². The van der Waals surface area contributed by atoms with Gasteiger partial charge in [0, 0.05) is 11.6 Å². The van der Waals surface area contributed by atoms with Crippen molar-refractivity contribution in [1.29, 1.82) is 0 Å². The summed E-state index contributed by atoms with van der Waals surface area (Å²) >= 11 is 4.56. The minimum Gasteiger partial charge on any atom is -0.311 e. The predicted molar refractivity (Wildman–Crippen MR) is 79.9 cm³/mol. The molecule has 7 heteroatoms. The van der Waals surface area contributed by atoms with E-state index in [0.29, 0.717) is 4.21 Å². The van der Waals surface area contributed by atoms with Gasteiger partial charge < -0.3 is 5.32 Å². The Morgan fingerprint density at radius 1 is 1.42 bits per heavy atom. The van der Waals surface area contributed by atoms with Crippen LogP contribution >= 0.6 is 27.3 Å². The first-order chi connectivity index (χ1) is 8.99. The van der Waals surface area contributed by atoms with E-state index in [2.05, 4.69) is 26.0 Å². The van der Waals surface area contributed by atoms with E-state index >= 15 is 0 Å². The van der Waals surface area contributed by atoms with Gasteiger partial charge in [-0.3, -0.25) is 0 Å². The average Bonchev–Trinajstić information content (AvgIpc) is 2.74. The van der Waals surface area contributed by atoms with Crippen molar-refractivity contribution in [3.63, 3.8) is 0 Å². The number of hydrogen-bond acceptors (Lipinski definition) is 4. The third-order valence-corrected chi connectivity index (χ3v) is 7.71. The second-order valence-corrected chi connectivity index (χ2v) is 9.83. The van der Waals surface area contributed by atoms with E-state index in [9.17, 15) is 8.42 Å². The lowest BCUT2D eigenvalue weighted by atomic mass is 9.70. The monoisotopic (exact) mass is 364 g/mol. The van der Waals surface area contributed by atoms with E-state index in [1.54, 1.807) is 12.1 Å². The van der Waals surface area contributed by atoms with E-state index in [4.69, 9.17) is 0 Å². The van der Waals surface area contributed by atoms with Crippen LogP contribution in [0.25, 0.3) is 0 Å². The van der Waals surface area contributed by atoms with Crippen molar-refractivity contribution in [3.8, 4) is 0 Å². The van der Waals surface area contributed by atoms with E-state index in [0.717, 1.165) is 23.2 Å². The second-order valence-electron chi connectivity index (χ2n) is 5.43. The van der Waals surface area contributed by atoms with Gasteiger partial charge in [-0.1, -0.05) is 0 Å². The van der Waals surface area contributed by atoms with Crippen molar-refractivity contribution in [1.82, 2.24) is 10.0 Å². The third kappa shape index (κ3) is 2.90. The zero-order valence-corrected chi connectivity index (χ0v) is 13.7. The molecule has 1 aromatic rings. The normalized spacial score (nSPS) is 26.3. The molecule has 1 unspecified atom stereocenters. The zero-order chi connectivity index (χ0) is 13.5. The summed E-state index contributed by atoms with van der Waals surface area (Å²) in [5, 5.41) is 3.55. The van der Waals surface area contributed by atoms with E-state index < -0.39 is 10.0 Å². The molecule has 0 radical (unpaired) electrons. The quantitative estimate of drug-likeness (QED) is 0.865. The molecule has 1 saturated carbocycles. The van der Waals surface area contributed by atoms with Crippen LogP contribution in [0.4, 0.5) is 0 Å². The van der Waals surface area contributed by atoms with Crippen LogP contribution in [0, 0.1) is 0 Å². The maximum atomic E-state index is 12.3. The minimum atomic E-state index is -3.36. The van der Waals surface area contributed by atoms with Crippen LogP contribution in [-0.4, -0.2) is 26.5 Å². The van der Waals surface area contributed by atoms with Gasteiger partial charge in [0.1, 0.15) is 4.21 Å². The highest BCUT2D eigenvalue weighted by molar-refractivity contribution is 9.11. The highest BCUT2D eigenvalue weighted by atomic mass is 79.9. The second kappa shape index (κ2) is 5.11. The first-order valence-corrected chi connectivity index (χ1v) is 9.61. The molecule has 0 bridgehead atoms. The van der Waals surface area contributed by atoms with Gasteiger partial charge in [-0.05, 0) is 66.7 Å². The molecule has 19 heavy (non-hydrogen) atoms. The van der Waals surface area contributed by atoms with E-state index in [1.807, 2.05) is 0 Å². The largest absolute Gasteiger partial charge is 0.311 e. The summed E-state index contributed by atoms with van der Waals surface area (Å²) in [7, 11) is -3.36. The number of piperidine rings is 1. The van der Waals surface area contributed by atoms with Crippen LogP contribution in [0.1, 0.15) is 32.1 Å². The van der Waals surface area contributed by atoms with Crippen molar-refractivity contribution in [2.75, 3.05) is 6.54 Å². The molecule has 1 aliphatic carbocycles. The fraction of sp³-hybridized carbons (Fsp3) is 0.667. The Labute approximate surface area is 126 Å². The molecule has 1 aliphatic heterocycles. The molecule has 3 rings (SSSR count). The van der Waals surface area contributed by atoms with Crippen molar-refractivity contribution >= 4 is 37.3 Å². The number of rotatable bonds is 3. The Balaban J connectivity index is 1.70. The Morgan fingerprint density at radius 2 is 2.21 bits per heavy atom. The summed E-state index contributed by atoms with van der Waals surface area (Å²) in [4.78, 5) is 0. The van der Waals surface area contributed by atoms with Crippen molar-refractivity contribution in [2.45, 2.75) is 47.9 Å². The van der Waals surface area contributed by atoms with Gasteiger partial charge in [-0.25, -0.2) is 13.1 Å². The Hall–Kier alpha value is 0.0500. The molecule has 1 spiro atoms. The van der Waals surface area contributed by atoms with Crippen LogP contribution in [0.2, 0.25) is 0 Å². The Morgan fingerprint density at radius 3 is 2.79 bits per heavy atom. The third-order valence-electron chi connectivity index (χ3n) is 4.08. The SMILES string of the molecule is O=S(=O)(NC1CCNC2(CCC2)C1)c1ccc(Br)s1. The number of hydrogen-bond donors (Lipinski definition) is 2. The Bertz CT molecular complexity index is 566. The maximum absolute atomic E-state index is 12.3. The zero-order valence-electron chi connectivity index (χ0n) is 10.5. The molecule has 1 atom stereocenters. The van der Waals surface area contributed by atoms with Gasteiger partial charge >= 0.3 is 0 Å². The molecule has 0 amide bonds. The molecule has 106 valence electrons. The lowest BCUT2D eigenvalue weighted by Gasteiger charge is -2.48. The Kier molecular flexibility index (Phi) is 3.77.